The normalized spacial score (nSPS) is 16.4. The number of aromatic amines is 1. The number of aryl methyl sites for hydroxylation is 1. The summed E-state index contributed by atoms with van der Waals surface area (Å²) in [4.78, 5) is 7.02. The molecule has 4 heteroatoms. The van der Waals surface area contributed by atoms with Gasteiger partial charge in [-0.2, -0.15) is 5.10 Å². The van der Waals surface area contributed by atoms with Gasteiger partial charge in [-0.1, -0.05) is 24.3 Å². The number of hydrazone groups is 1. The standard InChI is InChI=1S/C12H12N4/c1-2-4-10-9(3-1)5-6-11(10)15-16-12-13-7-8-14-12/h1-4,7-8H,5-6H2,(H2,13,14,16)/b15-11-. The monoisotopic (exact) mass is 212 g/mol. The minimum Gasteiger partial charge on any atom is -0.330 e. The molecule has 1 aromatic heterocycles. The maximum atomic E-state index is 4.38. The van der Waals surface area contributed by atoms with E-state index >= 15 is 0 Å². The number of nitrogens with zero attached hydrogens (tertiary/aromatic N) is 2. The van der Waals surface area contributed by atoms with Crippen LogP contribution in [-0.4, -0.2) is 15.7 Å². The van der Waals surface area contributed by atoms with Crippen LogP contribution in [-0.2, 0) is 6.42 Å². The summed E-state index contributed by atoms with van der Waals surface area (Å²) in [6.07, 6.45) is 5.54. The molecule has 16 heavy (non-hydrogen) atoms. The summed E-state index contributed by atoms with van der Waals surface area (Å²) in [5, 5.41) is 4.38. The lowest BCUT2D eigenvalue weighted by atomic mass is 10.1. The van der Waals surface area contributed by atoms with E-state index in [1.165, 1.54) is 11.1 Å². The Bertz CT molecular complexity index is 514. The highest BCUT2D eigenvalue weighted by atomic mass is 15.4. The number of fused-ring (bicyclic) bond motifs is 1. The molecule has 0 saturated heterocycles. The predicted molar refractivity (Wildman–Crippen MR) is 63.5 cm³/mol. The zero-order valence-corrected chi connectivity index (χ0v) is 8.77. The van der Waals surface area contributed by atoms with E-state index in [4.69, 9.17) is 0 Å². The number of H-pyrrole nitrogens is 1. The lowest BCUT2D eigenvalue weighted by Crippen LogP contribution is -2.00. The summed E-state index contributed by atoms with van der Waals surface area (Å²) < 4.78 is 0. The number of rotatable bonds is 2. The van der Waals surface area contributed by atoms with Crippen LogP contribution >= 0.6 is 0 Å². The molecule has 0 spiro atoms. The topological polar surface area (TPSA) is 53.1 Å². The van der Waals surface area contributed by atoms with Gasteiger partial charge in [0, 0.05) is 18.0 Å². The highest BCUT2D eigenvalue weighted by Crippen LogP contribution is 2.21. The Morgan fingerprint density at radius 1 is 1.25 bits per heavy atom. The molecular weight excluding hydrogens is 200 g/mol. The fraction of sp³-hybridized carbons (Fsp3) is 0.167. The minimum atomic E-state index is 0.678. The Kier molecular flexibility index (Phi) is 2.18. The summed E-state index contributed by atoms with van der Waals surface area (Å²) in [5.41, 5.74) is 6.66. The van der Waals surface area contributed by atoms with Gasteiger partial charge in [0.25, 0.3) is 0 Å². The van der Waals surface area contributed by atoms with Gasteiger partial charge in [0.2, 0.25) is 5.95 Å². The van der Waals surface area contributed by atoms with Crippen molar-refractivity contribution >= 4 is 11.7 Å². The largest absolute Gasteiger partial charge is 0.330 e. The van der Waals surface area contributed by atoms with E-state index in [1.54, 1.807) is 12.4 Å². The zero-order chi connectivity index (χ0) is 10.8. The van der Waals surface area contributed by atoms with Crippen LogP contribution in [0.25, 0.3) is 0 Å². The molecule has 0 amide bonds. The third-order valence-electron chi connectivity index (χ3n) is 2.75. The number of benzene rings is 1. The van der Waals surface area contributed by atoms with Crippen molar-refractivity contribution in [2.24, 2.45) is 5.10 Å². The third kappa shape index (κ3) is 1.58. The van der Waals surface area contributed by atoms with Crippen LogP contribution in [0.15, 0.2) is 41.8 Å². The predicted octanol–water partition coefficient (Wildman–Crippen LogP) is 2.17. The Balaban J connectivity index is 1.85. The van der Waals surface area contributed by atoms with Gasteiger partial charge in [-0.15, -0.1) is 0 Å². The fourth-order valence-corrected chi connectivity index (χ4v) is 1.97. The molecule has 0 atom stereocenters. The lowest BCUT2D eigenvalue weighted by Gasteiger charge is -2.00. The van der Waals surface area contributed by atoms with Crippen LogP contribution in [0.5, 0.6) is 0 Å². The number of hydrogen-bond acceptors (Lipinski definition) is 3. The van der Waals surface area contributed by atoms with Crippen LogP contribution in [0, 0.1) is 0 Å². The first-order valence-electron chi connectivity index (χ1n) is 5.34. The van der Waals surface area contributed by atoms with E-state index < -0.39 is 0 Å². The lowest BCUT2D eigenvalue weighted by molar-refractivity contribution is 1.08. The summed E-state index contributed by atoms with van der Waals surface area (Å²) in [6.45, 7) is 0. The van der Waals surface area contributed by atoms with Crippen LogP contribution in [0.1, 0.15) is 17.5 Å². The first-order valence-corrected chi connectivity index (χ1v) is 5.34. The molecule has 4 nitrogen and oxygen atoms in total. The molecular formula is C12H12N4. The first-order chi connectivity index (χ1) is 7.93. The Morgan fingerprint density at radius 2 is 2.19 bits per heavy atom. The summed E-state index contributed by atoms with van der Waals surface area (Å²) in [6, 6.07) is 8.39. The Hall–Kier alpha value is -2.10. The van der Waals surface area contributed by atoms with E-state index in [1.807, 2.05) is 6.07 Å². The third-order valence-corrected chi connectivity index (χ3v) is 2.75. The zero-order valence-electron chi connectivity index (χ0n) is 8.77. The average molecular weight is 212 g/mol. The van der Waals surface area contributed by atoms with Gasteiger partial charge in [0.1, 0.15) is 0 Å². The van der Waals surface area contributed by atoms with Crippen molar-refractivity contribution < 1.29 is 0 Å². The molecule has 0 bridgehead atoms. The number of aromatic nitrogens is 2. The molecule has 0 fully saturated rings. The van der Waals surface area contributed by atoms with Gasteiger partial charge in [-0.05, 0) is 18.4 Å². The molecule has 1 aromatic carbocycles. The molecule has 0 radical (unpaired) electrons. The van der Waals surface area contributed by atoms with Crippen molar-refractivity contribution in [2.75, 3.05) is 5.43 Å². The molecule has 1 heterocycles. The van der Waals surface area contributed by atoms with E-state index in [0.717, 1.165) is 18.6 Å². The summed E-state index contributed by atoms with van der Waals surface area (Å²) >= 11 is 0. The maximum absolute atomic E-state index is 4.38. The number of anilines is 1. The van der Waals surface area contributed by atoms with E-state index in [0.29, 0.717) is 5.95 Å². The van der Waals surface area contributed by atoms with Crippen LogP contribution in [0.2, 0.25) is 0 Å². The van der Waals surface area contributed by atoms with E-state index in [-0.39, 0.29) is 0 Å². The smallest absolute Gasteiger partial charge is 0.220 e. The average Bonchev–Trinajstić information content (AvgIpc) is 2.96. The van der Waals surface area contributed by atoms with Crippen molar-refractivity contribution in [3.05, 3.63) is 47.8 Å². The molecule has 0 saturated carbocycles. The van der Waals surface area contributed by atoms with Gasteiger partial charge < -0.3 is 4.98 Å². The molecule has 3 rings (SSSR count). The molecule has 1 aliphatic carbocycles. The second-order valence-corrected chi connectivity index (χ2v) is 3.77. The van der Waals surface area contributed by atoms with Crippen molar-refractivity contribution in [2.45, 2.75) is 12.8 Å². The number of nitrogens with one attached hydrogen (secondary N) is 2. The molecule has 2 N–H and O–H groups in total. The fourth-order valence-electron chi connectivity index (χ4n) is 1.97. The SMILES string of the molecule is c1ccc2c(c1)CC/C2=N/Nc1ncc[nH]1. The summed E-state index contributed by atoms with van der Waals surface area (Å²) in [5.74, 6) is 0.678. The van der Waals surface area contributed by atoms with Gasteiger partial charge in [0.15, 0.2) is 0 Å². The first kappa shape index (κ1) is 9.15. The second kappa shape index (κ2) is 3.81. The Morgan fingerprint density at radius 3 is 3.06 bits per heavy atom. The molecule has 0 unspecified atom stereocenters. The highest BCUT2D eigenvalue weighted by Gasteiger charge is 2.16. The molecule has 0 aliphatic heterocycles. The van der Waals surface area contributed by atoms with Crippen LogP contribution in [0.3, 0.4) is 0 Å². The van der Waals surface area contributed by atoms with Gasteiger partial charge in [-0.3, -0.25) is 0 Å². The molecule has 2 aromatic rings. The van der Waals surface area contributed by atoms with Gasteiger partial charge in [-0.25, -0.2) is 10.4 Å². The number of imidazole rings is 1. The minimum absolute atomic E-state index is 0.678. The number of hydrogen-bond donors (Lipinski definition) is 2. The maximum Gasteiger partial charge on any atom is 0.220 e. The van der Waals surface area contributed by atoms with Crippen LogP contribution in [0.4, 0.5) is 5.95 Å². The van der Waals surface area contributed by atoms with Crippen molar-refractivity contribution in [3.8, 4) is 0 Å². The van der Waals surface area contributed by atoms with Gasteiger partial charge >= 0.3 is 0 Å². The molecule has 1 aliphatic rings. The quantitative estimate of drug-likeness (QED) is 0.749. The van der Waals surface area contributed by atoms with Crippen molar-refractivity contribution in [1.29, 1.82) is 0 Å². The van der Waals surface area contributed by atoms with E-state index in [9.17, 15) is 0 Å². The van der Waals surface area contributed by atoms with Crippen molar-refractivity contribution in [1.82, 2.24) is 9.97 Å². The summed E-state index contributed by atoms with van der Waals surface area (Å²) in [7, 11) is 0. The van der Waals surface area contributed by atoms with Crippen molar-refractivity contribution in [3.63, 3.8) is 0 Å². The van der Waals surface area contributed by atoms with E-state index in [2.05, 4.69) is 38.7 Å². The molecule has 80 valence electrons. The highest BCUT2D eigenvalue weighted by molar-refractivity contribution is 6.04. The van der Waals surface area contributed by atoms with Gasteiger partial charge in [0.05, 0.1) is 5.71 Å². The Labute approximate surface area is 93.4 Å². The second-order valence-electron chi connectivity index (χ2n) is 3.77. The van der Waals surface area contributed by atoms with Crippen LogP contribution < -0.4 is 5.43 Å².